The van der Waals surface area contributed by atoms with Crippen LogP contribution in [0.15, 0.2) is 91.1 Å². The standard InChI is InChI=1S/C29H22N3O2.Pt/c1-19-9-7-10-20(2)28(19)25-18-24(23-13-3-4-14-26(23)33)31-29(32-25)21-11-8-12-22(17-21)34-27-15-5-6-16-30-27;/h3-16,18,33H,1-2H3;/q-1;. The van der Waals surface area contributed by atoms with Crippen LogP contribution < -0.4 is 4.74 Å². The fraction of sp³-hybridized carbons (Fsp3) is 0.0690. The van der Waals surface area contributed by atoms with E-state index in [1.165, 1.54) is 0 Å². The van der Waals surface area contributed by atoms with E-state index in [4.69, 9.17) is 14.7 Å². The molecule has 0 saturated carbocycles. The van der Waals surface area contributed by atoms with Gasteiger partial charge in [0.2, 0.25) is 5.88 Å². The van der Waals surface area contributed by atoms with E-state index >= 15 is 0 Å². The van der Waals surface area contributed by atoms with Gasteiger partial charge in [-0.3, -0.25) is 9.97 Å². The molecule has 5 rings (SSSR count). The van der Waals surface area contributed by atoms with Crippen LogP contribution in [0, 0.1) is 19.9 Å². The second kappa shape index (κ2) is 10.6. The van der Waals surface area contributed by atoms with Crippen LogP contribution >= 0.6 is 0 Å². The van der Waals surface area contributed by atoms with Gasteiger partial charge in [0.05, 0.1) is 17.2 Å². The normalized spacial score (nSPS) is 10.5. The monoisotopic (exact) mass is 639 g/mol. The van der Waals surface area contributed by atoms with Crippen LogP contribution in [0.5, 0.6) is 17.4 Å². The number of phenolic OH excluding ortho intramolecular Hbond substituents is 1. The topological polar surface area (TPSA) is 68.1 Å². The number of aromatic nitrogens is 3. The SMILES string of the molecule is Cc1cccc(C)c1-c1cc(-c2ccccc2O)nc(-c2[c-]c(Oc3ccccn3)ccc2)n1.[Pt]. The second-order valence-electron chi connectivity index (χ2n) is 7.94. The van der Waals surface area contributed by atoms with E-state index in [1.54, 1.807) is 24.4 Å². The molecule has 5 aromatic rings. The molecule has 0 spiro atoms. The van der Waals surface area contributed by atoms with Crippen molar-refractivity contribution in [2.24, 2.45) is 0 Å². The van der Waals surface area contributed by atoms with Gasteiger partial charge in [-0.05, 0) is 49.2 Å². The summed E-state index contributed by atoms with van der Waals surface area (Å²) in [6.45, 7) is 4.13. The van der Waals surface area contributed by atoms with E-state index in [0.717, 1.165) is 22.4 Å². The number of rotatable bonds is 5. The Balaban J connectivity index is 0.00000289. The van der Waals surface area contributed by atoms with Crippen LogP contribution in [-0.4, -0.2) is 20.1 Å². The second-order valence-corrected chi connectivity index (χ2v) is 7.94. The Morgan fingerprint density at radius 3 is 2.23 bits per heavy atom. The van der Waals surface area contributed by atoms with Crippen molar-refractivity contribution in [2.45, 2.75) is 13.8 Å². The molecule has 0 fully saturated rings. The Bertz CT molecular complexity index is 1450. The summed E-state index contributed by atoms with van der Waals surface area (Å²) in [6, 6.07) is 29.6. The van der Waals surface area contributed by atoms with Gasteiger partial charge >= 0.3 is 0 Å². The molecule has 0 radical (unpaired) electrons. The molecule has 0 unspecified atom stereocenters. The zero-order chi connectivity index (χ0) is 23.5. The Labute approximate surface area is 218 Å². The van der Waals surface area contributed by atoms with Crippen LogP contribution in [0.2, 0.25) is 0 Å². The van der Waals surface area contributed by atoms with E-state index < -0.39 is 0 Å². The number of aromatic hydroxyl groups is 1. The average molecular weight is 640 g/mol. The number of para-hydroxylation sites is 1. The average Bonchev–Trinajstić information content (AvgIpc) is 2.85. The third-order valence-corrected chi connectivity index (χ3v) is 5.50. The first kappa shape index (κ1) is 24.3. The minimum Gasteiger partial charge on any atom is -0.507 e. The first-order valence-corrected chi connectivity index (χ1v) is 10.9. The van der Waals surface area contributed by atoms with Crippen LogP contribution in [0.25, 0.3) is 33.9 Å². The number of nitrogens with zero attached hydrogens (tertiary/aromatic N) is 3. The summed E-state index contributed by atoms with van der Waals surface area (Å²) in [5.74, 6) is 1.65. The van der Waals surface area contributed by atoms with Crippen molar-refractivity contribution in [3.8, 4) is 51.3 Å². The molecule has 2 heterocycles. The summed E-state index contributed by atoms with van der Waals surface area (Å²) in [5, 5.41) is 10.5. The van der Waals surface area contributed by atoms with Crippen molar-refractivity contribution in [1.29, 1.82) is 0 Å². The van der Waals surface area contributed by atoms with Gasteiger partial charge in [-0.25, -0.2) is 4.98 Å². The number of pyridine rings is 1. The van der Waals surface area contributed by atoms with E-state index in [9.17, 15) is 5.11 Å². The fourth-order valence-corrected chi connectivity index (χ4v) is 3.90. The van der Waals surface area contributed by atoms with E-state index in [2.05, 4.69) is 37.0 Å². The number of benzene rings is 3. The molecular formula is C29H22N3O2Pt-. The van der Waals surface area contributed by atoms with Gasteiger partial charge in [-0.15, -0.1) is 23.8 Å². The molecule has 0 amide bonds. The summed E-state index contributed by atoms with van der Waals surface area (Å²) in [7, 11) is 0. The van der Waals surface area contributed by atoms with Crippen molar-refractivity contribution >= 4 is 0 Å². The molecule has 1 N–H and O–H groups in total. The maximum Gasteiger partial charge on any atom is 0.217 e. The van der Waals surface area contributed by atoms with Crippen molar-refractivity contribution in [3.63, 3.8) is 0 Å². The van der Waals surface area contributed by atoms with Gasteiger partial charge in [0.15, 0.2) is 0 Å². The van der Waals surface area contributed by atoms with Gasteiger partial charge in [0.25, 0.3) is 0 Å². The first-order valence-electron chi connectivity index (χ1n) is 10.9. The Hall–Kier alpha value is -3.82. The molecular weight excluding hydrogens is 617 g/mol. The molecule has 0 aliphatic rings. The van der Waals surface area contributed by atoms with Crippen molar-refractivity contribution in [1.82, 2.24) is 15.0 Å². The number of hydrogen-bond acceptors (Lipinski definition) is 5. The number of phenols is 1. The molecule has 0 saturated heterocycles. The Morgan fingerprint density at radius 2 is 1.49 bits per heavy atom. The smallest absolute Gasteiger partial charge is 0.217 e. The molecule has 5 nitrogen and oxygen atoms in total. The Morgan fingerprint density at radius 1 is 0.771 bits per heavy atom. The fourth-order valence-electron chi connectivity index (χ4n) is 3.90. The van der Waals surface area contributed by atoms with Gasteiger partial charge in [-0.2, -0.15) is 0 Å². The number of ether oxygens (including phenoxy) is 1. The van der Waals surface area contributed by atoms with Crippen LogP contribution in [-0.2, 0) is 21.1 Å². The van der Waals surface area contributed by atoms with Gasteiger partial charge < -0.3 is 9.84 Å². The van der Waals surface area contributed by atoms with Gasteiger partial charge in [-0.1, -0.05) is 42.5 Å². The molecule has 35 heavy (non-hydrogen) atoms. The largest absolute Gasteiger partial charge is 0.507 e. The number of hydrogen-bond donors (Lipinski definition) is 1. The maximum absolute atomic E-state index is 10.5. The van der Waals surface area contributed by atoms with Crippen molar-refractivity contribution < 1.29 is 30.9 Å². The minimum absolute atomic E-state index is 0. The molecule has 0 atom stereocenters. The quantitative estimate of drug-likeness (QED) is 0.215. The van der Waals surface area contributed by atoms with E-state index in [1.807, 2.05) is 54.6 Å². The van der Waals surface area contributed by atoms with Crippen LogP contribution in [0.1, 0.15) is 11.1 Å². The molecule has 2 aromatic heterocycles. The first-order chi connectivity index (χ1) is 16.6. The maximum atomic E-state index is 10.5. The summed E-state index contributed by atoms with van der Waals surface area (Å²) < 4.78 is 5.87. The molecule has 176 valence electrons. The summed E-state index contributed by atoms with van der Waals surface area (Å²) in [6.07, 6.45) is 1.68. The van der Waals surface area contributed by atoms with Gasteiger partial charge in [0, 0.05) is 50.2 Å². The third kappa shape index (κ3) is 5.31. The molecule has 0 aliphatic carbocycles. The van der Waals surface area contributed by atoms with Crippen molar-refractivity contribution in [2.75, 3.05) is 0 Å². The molecule has 6 heteroatoms. The minimum atomic E-state index is 0. The van der Waals surface area contributed by atoms with E-state index in [0.29, 0.717) is 34.3 Å². The van der Waals surface area contributed by atoms with Gasteiger partial charge in [0.1, 0.15) is 5.75 Å². The zero-order valence-corrected chi connectivity index (χ0v) is 21.4. The summed E-state index contributed by atoms with van der Waals surface area (Å²) in [5.41, 5.74) is 6.00. The summed E-state index contributed by atoms with van der Waals surface area (Å²) >= 11 is 0. The number of aryl methyl sites for hydroxylation is 2. The predicted octanol–water partition coefficient (Wildman–Crippen LogP) is 6.79. The molecule has 0 bridgehead atoms. The van der Waals surface area contributed by atoms with Crippen molar-refractivity contribution in [3.05, 3.63) is 108 Å². The third-order valence-electron chi connectivity index (χ3n) is 5.50. The van der Waals surface area contributed by atoms with Crippen LogP contribution in [0.4, 0.5) is 0 Å². The zero-order valence-electron chi connectivity index (χ0n) is 19.2. The van der Waals surface area contributed by atoms with Crippen LogP contribution in [0.3, 0.4) is 0 Å². The molecule has 0 aliphatic heterocycles. The predicted molar refractivity (Wildman–Crippen MR) is 133 cm³/mol. The molecule has 3 aromatic carbocycles. The summed E-state index contributed by atoms with van der Waals surface area (Å²) in [4.78, 5) is 13.9. The van der Waals surface area contributed by atoms with E-state index in [-0.39, 0.29) is 26.8 Å². The Kier molecular flexibility index (Phi) is 7.38.